The number of ether oxygens (including phenoxy) is 2. The second-order valence-electron chi connectivity index (χ2n) is 8.81. The summed E-state index contributed by atoms with van der Waals surface area (Å²) in [7, 11) is 0. The molecule has 0 spiro atoms. The number of benzene rings is 2. The molecule has 2 heteroatoms. The Hall–Kier alpha value is -1.64. The summed E-state index contributed by atoms with van der Waals surface area (Å²) in [5.41, 5.74) is 2.73. The molecule has 0 N–H and O–H groups in total. The van der Waals surface area contributed by atoms with E-state index in [4.69, 9.17) is 9.47 Å². The molecule has 2 aromatic rings. The van der Waals surface area contributed by atoms with E-state index in [1.807, 2.05) is 0 Å². The molecule has 2 aromatic carbocycles. The summed E-state index contributed by atoms with van der Waals surface area (Å²) in [4.78, 5) is 0. The highest BCUT2D eigenvalue weighted by Crippen LogP contribution is 2.92. The van der Waals surface area contributed by atoms with Crippen LogP contribution < -0.4 is 0 Å². The van der Waals surface area contributed by atoms with Crippen molar-refractivity contribution in [3.05, 3.63) is 71.8 Å². The molecule has 3 fully saturated rings. The molecular weight excluding hydrogens is 344 g/mol. The summed E-state index contributed by atoms with van der Waals surface area (Å²) >= 11 is 0. The van der Waals surface area contributed by atoms with E-state index in [1.54, 1.807) is 0 Å². The lowest BCUT2D eigenvalue weighted by atomic mass is 9.54. The van der Waals surface area contributed by atoms with Gasteiger partial charge in [0.2, 0.25) is 0 Å². The van der Waals surface area contributed by atoms with E-state index in [-0.39, 0.29) is 10.8 Å². The highest BCUT2D eigenvalue weighted by atomic mass is 16.7. The van der Waals surface area contributed by atoms with Crippen molar-refractivity contribution in [2.45, 2.75) is 62.6 Å². The molecule has 4 atom stereocenters. The van der Waals surface area contributed by atoms with E-state index in [1.165, 1.54) is 30.4 Å². The van der Waals surface area contributed by atoms with Crippen LogP contribution in [0.2, 0.25) is 0 Å². The van der Waals surface area contributed by atoms with Gasteiger partial charge in [0, 0.05) is 13.2 Å². The molecule has 2 nitrogen and oxygen atoms in total. The Morgan fingerprint density at radius 2 is 1.14 bits per heavy atom. The molecule has 0 radical (unpaired) electrons. The summed E-state index contributed by atoms with van der Waals surface area (Å²) < 4.78 is 13.6. The SMILES string of the molecule is CCCOC1(OCCC)C2(c3ccccc3)C3CCCC3C12c1ccccc1. The van der Waals surface area contributed by atoms with Crippen molar-refractivity contribution in [3.63, 3.8) is 0 Å². The maximum atomic E-state index is 6.81. The van der Waals surface area contributed by atoms with Crippen molar-refractivity contribution in [1.29, 1.82) is 0 Å². The van der Waals surface area contributed by atoms with Crippen molar-refractivity contribution in [1.82, 2.24) is 0 Å². The van der Waals surface area contributed by atoms with Crippen LogP contribution in [0.5, 0.6) is 0 Å². The Balaban J connectivity index is 1.74. The number of hydrogen-bond donors (Lipinski definition) is 0. The van der Waals surface area contributed by atoms with Crippen molar-refractivity contribution in [2.24, 2.45) is 11.8 Å². The number of fused-ring (bicyclic) bond motifs is 4. The van der Waals surface area contributed by atoms with E-state index >= 15 is 0 Å². The van der Waals surface area contributed by atoms with Gasteiger partial charge >= 0.3 is 0 Å². The zero-order chi connectivity index (χ0) is 19.2. The molecule has 148 valence electrons. The smallest absolute Gasteiger partial charge is 0.190 e. The molecule has 0 bridgehead atoms. The predicted molar refractivity (Wildman–Crippen MR) is 112 cm³/mol. The van der Waals surface area contributed by atoms with Gasteiger partial charge in [-0.05, 0) is 48.6 Å². The molecule has 3 aliphatic rings. The Morgan fingerprint density at radius 3 is 1.54 bits per heavy atom. The molecular formula is C26H32O2. The van der Waals surface area contributed by atoms with Gasteiger partial charge in [-0.1, -0.05) is 80.9 Å². The zero-order valence-corrected chi connectivity index (χ0v) is 17.2. The van der Waals surface area contributed by atoms with Crippen molar-refractivity contribution in [2.75, 3.05) is 13.2 Å². The topological polar surface area (TPSA) is 18.5 Å². The van der Waals surface area contributed by atoms with E-state index in [0.29, 0.717) is 11.8 Å². The second kappa shape index (κ2) is 6.71. The fourth-order valence-corrected chi connectivity index (χ4v) is 7.18. The maximum absolute atomic E-state index is 6.81. The van der Waals surface area contributed by atoms with Crippen LogP contribution in [-0.2, 0) is 20.3 Å². The molecule has 0 heterocycles. The van der Waals surface area contributed by atoms with Gasteiger partial charge in [0.15, 0.2) is 5.79 Å². The molecule has 3 saturated carbocycles. The first kappa shape index (κ1) is 18.4. The van der Waals surface area contributed by atoms with Crippen LogP contribution >= 0.6 is 0 Å². The summed E-state index contributed by atoms with van der Waals surface area (Å²) in [5.74, 6) is 0.789. The van der Waals surface area contributed by atoms with Gasteiger partial charge in [0.1, 0.15) is 0 Å². The lowest BCUT2D eigenvalue weighted by Crippen LogP contribution is -2.49. The molecule has 28 heavy (non-hydrogen) atoms. The average molecular weight is 377 g/mol. The van der Waals surface area contributed by atoms with E-state index in [9.17, 15) is 0 Å². The lowest BCUT2D eigenvalue weighted by Gasteiger charge is -2.46. The van der Waals surface area contributed by atoms with Crippen LogP contribution in [0.4, 0.5) is 0 Å². The van der Waals surface area contributed by atoms with Crippen LogP contribution in [0.3, 0.4) is 0 Å². The molecule has 0 amide bonds. The van der Waals surface area contributed by atoms with E-state index in [2.05, 4.69) is 74.5 Å². The minimum Gasteiger partial charge on any atom is -0.348 e. The third-order valence-corrected chi connectivity index (χ3v) is 7.70. The van der Waals surface area contributed by atoms with Gasteiger partial charge in [-0.25, -0.2) is 0 Å². The van der Waals surface area contributed by atoms with Gasteiger partial charge in [0.25, 0.3) is 0 Å². The Labute approximate surface area is 169 Å². The quantitative estimate of drug-likeness (QED) is 0.538. The van der Waals surface area contributed by atoms with Crippen molar-refractivity contribution in [3.8, 4) is 0 Å². The first-order valence-electron chi connectivity index (χ1n) is 11.2. The van der Waals surface area contributed by atoms with E-state index < -0.39 is 5.79 Å². The first-order chi connectivity index (χ1) is 13.8. The lowest BCUT2D eigenvalue weighted by molar-refractivity contribution is -0.188. The average Bonchev–Trinajstić information content (AvgIpc) is 2.95. The largest absolute Gasteiger partial charge is 0.348 e. The van der Waals surface area contributed by atoms with Gasteiger partial charge in [-0.3, -0.25) is 0 Å². The third kappa shape index (κ3) is 1.91. The standard InChI is InChI=1S/C26H32O2/c1-3-18-27-26(28-19-4-2)24(20-12-7-5-8-13-20)22-16-11-17-23(22)25(24,26)21-14-9-6-10-15-21/h5-10,12-15,22-23H,3-4,11,16-19H2,1-2H3. The normalized spacial score (nSPS) is 34.4. The van der Waals surface area contributed by atoms with Crippen LogP contribution in [-0.4, -0.2) is 19.0 Å². The Kier molecular flexibility index (Phi) is 4.41. The minimum atomic E-state index is -0.523. The van der Waals surface area contributed by atoms with E-state index in [0.717, 1.165) is 26.1 Å². The van der Waals surface area contributed by atoms with Gasteiger partial charge in [-0.15, -0.1) is 0 Å². The fraction of sp³-hybridized carbons (Fsp3) is 0.538. The molecule has 0 aromatic heterocycles. The molecule has 0 saturated heterocycles. The van der Waals surface area contributed by atoms with Crippen LogP contribution in [0, 0.1) is 11.8 Å². The predicted octanol–water partition coefficient (Wildman–Crippen LogP) is 5.86. The van der Waals surface area contributed by atoms with Crippen molar-refractivity contribution >= 4 is 0 Å². The molecule has 5 rings (SSSR count). The Bertz CT molecular complexity index is 747. The maximum Gasteiger partial charge on any atom is 0.190 e. The molecule has 3 aliphatic carbocycles. The zero-order valence-electron chi connectivity index (χ0n) is 17.2. The van der Waals surface area contributed by atoms with Gasteiger partial charge in [0.05, 0.1) is 10.8 Å². The van der Waals surface area contributed by atoms with Crippen molar-refractivity contribution < 1.29 is 9.47 Å². The summed E-state index contributed by atoms with van der Waals surface area (Å²) in [5, 5.41) is 0. The number of hydrogen-bond acceptors (Lipinski definition) is 2. The molecule has 0 aliphatic heterocycles. The van der Waals surface area contributed by atoms with Crippen LogP contribution in [0.1, 0.15) is 57.1 Å². The second-order valence-corrected chi connectivity index (χ2v) is 8.81. The monoisotopic (exact) mass is 376 g/mol. The number of rotatable bonds is 8. The Morgan fingerprint density at radius 1 is 0.714 bits per heavy atom. The summed E-state index contributed by atoms with van der Waals surface area (Å²) in [6.07, 6.45) is 5.95. The van der Waals surface area contributed by atoms with Gasteiger partial charge in [-0.2, -0.15) is 0 Å². The van der Waals surface area contributed by atoms with Crippen LogP contribution in [0.15, 0.2) is 60.7 Å². The first-order valence-corrected chi connectivity index (χ1v) is 11.2. The third-order valence-electron chi connectivity index (χ3n) is 7.70. The van der Waals surface area contributed by atoms with Crippen LogP contribution in [0.25, 0.3) is 0 Å². The summed E-state index contributed by atoms with van der Waals surface area (Å²) in [6, 6.07) is 22.3. The molecule has 4 unspecified atom stereocenters. The van der Waals surface area contributed by atoms with Gasteiger partial charge < -0.3 is 9.47 Å². The minimum absolute atomic E-state index is 0.0475. The summed E-state index contributed by atoms with van der Waals surface area (Å²) in [6.45, 7) is 5.91. The fourth-order valence-electron chi connectivity index (χ4n) is 7.18. The highest BCUT2D eigenvalue weighted by molar-refractivity contribution is 5.66. The highest BCUT2D eigenvalue weighted by Gasteiger charge is 3.02.